The number of nitrogens with zero attached hydrogens (tertiary/aromatic N) is 1. The van der Waals surface area contributed by atoms with E-state index in [2.05, 4.69) is 15.9 Å². The standard InChI is InChI=1S/C19H14BrNO2/c1-23-19(22)15-11-17(13-5-3-2-4-6-13)21-18(12-15)14-7-9-16(20)10-8-14/h2-12H,1H3. The van der Waals surface area contributed by atoms with Crippen LogP contribution in [0.25, 0.3) is 22.5 Å². The van der Waals surface area contributed by atoms with E-state index in [9.17, 15) is 4.79 Å². The van der Waals surface area contributed by atoms with Crippen LogP contribution >= 0.6 is 15.9 Å². The number of carbonyl (C=O) groups excluding carboxylic acids is 1. The topological polar surface area (TPSA) is 39.2 Å². The first-order valence-corrected chi connectivity index (χ1v) is 7.88. The number of methoxy groups -OCH3 is 1. The predicted molar refractivity (Wildman–Crippen MR) is 94.1 cm³/mol. The van der Waals surface area contributed by atoms with E-state index in [1.54, 1.807) is 12.1 Å². The Kier molecular flexibility index (Phi) is 4.53. The van der Waals surface area contributed by atoms with E-state index in [4.69, 9.17) is 9.72 Å². The second-order valence-corrected chi connectivity index (χ2v) is 5.91. The van der Waals surface area contributed by atoms with Gasteiger partial charge in [-0.1, -0.05) is 58.4 Å². The van der Waals surface area contributed by atoms with Gasteiger partial charge in [-0.05, 0) is 24.3 Å². The average molecular weight is 368 g/mol. The van der Waals surface area contributed by atoms with E-state index in [1.807, 2.05) is 54.6 Å². The summed E-state index contributed by atoms with van der Waals surface area (Å²) < 4.78 is 5.86. The lowest BCUT2D eigenvalue weighted by Crippen LogP contribution is -2.03. The third-order valence-corrected chi connectivity index (χ3v) is 3.98. The summed E-state index contributed by atoms with van der Waals surface area (Å²) in [6, 6.07) is 21.1. The molecule has 2 aromatic carbocycles. The maximum Gasteiger partial charge on any atom is 0.338 e. The Morgan fingerprint density at radius 1 is 0.913 bits per heavy atom. The van der Waals surface area contributed by atoms with Gasteiger partial charge in [0, 0.05) is 15.6 Å². The number of halogens is 1. The van der Waals surface area contributed by atoms with Crippen LogP contribution in [-0.4, -0.2) is 18.1 Å². The first-order valence-electron chi connectivity index (χ1n) is 7.09. The van der Waals surface area contributed by atoms with Crippen LogP contribution in [0.1, 0.15) is 10.4 Å². The zero-order valence-electron chi connectivity index (χ0n) is 12.5. The zero-order valence-corrected chi connectivity index (χ0v) is 14.1. The van der Waals surface area contributed by atoms with Gasteiger partial charge in [0.25, 0.3) is 0 Å². The fraction of sp³-hybridized carbons (Fsp3) is 0.0526. The Labute approximate surface area is 143 Å². The highest BCUT2D eigenvalue weighted by Crippen LogP contribution is 2.26. The molecule has 0 aliphatic heterocycles. The molecule has 0 spiro atoms. The molecule has 23 heavy (non-hydrogen) atoms. The molecule has 1 aromatic heterocycles. The van der Waals surface area contributed by atoms with Crippen LogP contribution in [0.3, 0.4) is 0 Å². The van der Waals surface area contributed by atoms with Crippen molar-refractivity contribution in [1.29, 1.82) is 0 Å². The molecule has 114 valence electrons. The fourth-order valence-corrected chi connectivity index (χ4v) is 2.56. The summed E-state index contributed by atoms with van der Waals surface area (Å²) in [5, 5.41) is 0. The molecule has 0 aliphatic rings. The SMILES string of the molecule is COC(=O)c1cc(-c2ccccc2)nc(-c2ccc(Br)cc2)c1. The van der Waals surface area contributed by atoms with Crippen molar-refractivity contribution in [3.8, 4) is 22.5 Å². The van der Waals surface area contributed by atoms with Gasteiger partial charge in [-0.15, -0.1) is 0 Å². The van der Waals surface area contributed by atoms with Gasteiger partial charge in [-0.25, -0.2) is 9.78 Å². The van der Waals surface area contributed by atoms with Crippen molar-refractivity contribution in [2.24, 2.45) is 0 Å². The van der Waals surface area contributed by atoms with Gasteiger partial charge in [-0.2, -0.15) is 0 Å². The van der Waals surface area contributed by atoms with E-state index >= 15 is 0 Å². The third kappa shape index (κ3) is 3.48. The van der Waals surface area contributed by atoms with Crippen LogP contribution < -0.4 is 0 Å². The van der Waals surface area contributed by atoms with Crippen molar-refractivity contribution in [3.63, 3.8) is 0 Å². The van der Waals surface area contributed by atoms with Crippen molar-refractivity contribution in [3.05, 3.63) is 76.8 Å². The second-order valence-electron chi connectivity index (χ2n) is 4.99. The molecule has 0 N–H and O–H groups in total. The maximum atomic E-state index is 12.0. The zero-order chi connectivity index (χ0) is 16.2. The summed E-state index contributed by atoms with van der Waals surface area (Å²) in [4.78, 5) is 16.7. The lowest BCUT2D eigenvalue weighted by molar-refractivity contribution is 0.0600. The minimum atomic E-state index is -0.372. The smallest absolute Gasteiger partial charge is 0.338 e. The number of hydrogen-bond donors (Lipinski definition) is 0. The molecule has 0 saturated heterocycles. The van der Waals surface area contributed by atoms with Crippen molar-refractivity contribution in [1.82, 2.24) is 4.98 Å². The van der Waals surface area contributed by atoms with Crippen LogP contribution in [0.5, 0.6) is 0 Å². The van der Waals surface area contributed by atoms with Crippen molar-refractivity contribution < 1.29 is 9.53 Å². The van der Waals surface area contributed by atoms with Crippen LogP contribution in [0.4, 0.5) is 0 Å². The Balaban J connectivity index is 2.15. The number of esters is 1. The molecule has 0 fully saturated rings. The number of ether oxygens (including phenoxy) is 1. The molecule has 0 amide bonds. The van der Waals surface area contributed by atoms with Gasteiger partial charge in [-0.3, -0.25) is 0 Å². The summed E-state index contributed by atoms with van der Waals surface area (Å²) in [7, 11) is 1.38. The van der Waals surface area contributed by atoms with E-state index in [1.165, 1.54) is 7.11 Å². The number of benzene rings is 2. The first-order chi connectivity index (χ1) is 11.2. The van der Waals surface area contributed by atoms with Crippen molar-refractivity contribution >= 4 is 21.9 Å². The minimum absolute atomic E-state index is 0.372. The van der Waals surface area contributed by atoms with Gasteiger partial charge in [0.05, 0.1) is 24.1 Å². The predicted octanol–water partition coefficient (Wildman–Crippen LogP) is 4.96. The number of pyridine rings is 1. The summed E-state index contributed by atoms with van der Waals surface area (Å²) >= 11 is 3.42. The first kappa shape index (κ1) is 15.4. The molecule has 4 heteroatoms. The highest BCUT2D eigenvalue weighted by atomic mass is 79.9. The quantitative estimate of drug-likeness (QED) is 0.613. The van der Waals surface area contributed by atoms with E-state index in [0.29, 0.717) is 5.56 Å². The van der Waals surface area contributed by atoms with Gasteiger partial charge >= 0.3 is 5.97 Å². The molecule has 0 radical (unpaired) electrons. The summed E-state index contributed by atoms with van der Waals surface area (Å²) in [5.41, 5.74) is 3.86. The Bertz CT molecular complexity index is 830. The Morgan fingerprint density at radius 3 is 2.04 bits per heavy atom. The van der Waals surface area contributed by atoms with Crippen LogP contribution in [-0.2, 0) is 4.74 Å². The van der Waals surface area contributed by atoms with Crippen LogP contribution in [0.2, 0.25) is 0 Å². The monoisotopic (exact) mass is 367 g/mol. The van der Waals surface area contributed by atoms with Crippen LogP contribution in [0, 0.1) is 0 Å². The number of rotatable bonds is 3. The summed E-state index contributed by atoms with van der Waals surface area (Å²) in [6.07, 6.45) is 0. The summed E-state index contributed by atoms with van der Waals surface area (Å²) in [5.74, 6) is -0.372. The van der Waals surface area contributed by atoms with Crippen molar-refractivity contribution in [2.75, 3.05) is 7.11 Å². The largest absolute Gasteiger partial charge is 0.465 e. The third-order valence-electron chi connectivity index (χ3n) is 3.46. The van der Waals surface area contributed by atoms with Gasteiger partial charge in [0.15, 0.2) is 0 Å². The number of hydrogen-bond acceptors (Lipinski definition) is 3. The van der Waals surface area contributed by atoms with Gasteiger partial charge in [0.1, 0.15) is 0 Å². The molecule has 3 rings (SSSR count). The maximum absolute atomic E-state index is 12.0. The molecule has 0 atom stereocenters. The Morgan fingerprint density at radius 2 is 1.48 bits per heavy atom. The normalized spacial score (nSPS) is 10.3. The molecule has 1 heterocycles. The lowest BCUT2D eigenvalue weighted by atomic mass is 10.0. The van der Waals surface area contributed by atoms with Gasteiger partial charge in [0.2, 0.25) is 0 Å². The lowest BCUT2D eigenvalue weighted by Gasteiger charge is -2.09. The van der Waals surface area contributed by atoms with E-state index in [-0.39, 0.29) is 5.97 Å². The molecular weight excluding hydrogens is 354 g/mol. The summed E-state index contributed by atoms with van der Waals surface area (Å²) in [6.45, 7) is 0. The minimum Gasteiger partial charge on any atom is -0.465 e. The van der Waals surface area contributed by atoms with E-state index < -0.39 is 0 Å². The Hall–Kier alpha value is -2.46. The highest BCUT2D eigenvalue weighted by molar-refractivity contribution is 9.10. The van der Waals surface area contributed by atoms with E-state index in [0.717, 1.165) is 27.0 Å². The highest BCUT2D eigenvalue weighted by Gasteiger charge is 2.12. The molecule has 3 aromatic rings. The van der Waals surface area contributed by atoms with Crippen LogP contribution in [0.15, 0.2) is 71.2 Å². The molecule has 0 bridgehead atoms. The molecule has 0 saturated carbocycles. The molecule has 0 unspecified atom stereocenters. The molecular formula is C19H14BrNO2. The molecule has 3 nitrogen and oxygen atoms in total. The van der Waals surface area contributed by atoms with Gasteiger partial charge < -0.3 is 4.74 Å². The number of carbonyl (C=O) groups is 1. The van der Waals surface area contributed by atoms with Crippen molar-refractivity contribution in [2.45, 2.75) is 0 Å². The fourth-order valence-electron chi connectivity index (χ4n) is 2.29. The second kappa shape index (κ2) is 6.75. The average Bonchev–Trinajstić information content (AvgIpc) is 2.62. The number of aromatic nitrogens is 1. The molecule has 0 aliphatic carbocycles.